The number of ether oxygens (including phenoxy) is 1. The molecule has 0 aromatic rings. The third-order valence-electron chi connectivity index (χ3n) is 2.59. The molecular weight excluding hydrogens is 168 g/mol. The molecule has 1 aliphatic heterocycles. The molecule has 4 heteroatoms. The van der Waals surface area contributed by atoms with Gasteiger partial charge in [0.15, 0.2) is 6.04 Å². The summed E-state index contributed by atoms with van der Waals surface area (Å²) in [5.74, 6) is -0.0561. The highest BCUT2D eigenvalue weighted by molar-refractivity contribution is 5.73. The van der Waals surface area contributed by atoms with E-state index in [1.165, 1.54) is 4.90 Å². The molecule has 4 nitrogen and oxygen atoms in total. The second-order valence-electron chi connectivity index (χ2n) is 3.50. The van der Waals surface area contributed by atoms with Crippen molar-refractivity contribution < 1.29 is 19.7 Å². The largest absolute Gasteiger partial charge is 0.462 e. The lowest BCUT2D eigenvalue weighted by Crippen LogP contribution is -3.23. The van der Waals surface area contributed by atoms with E-state index in [4.69, 9.17) is 4.74 Å². The van der Waals surface area contributed by atoms with Crippen molar-refractivity contribution in [1.29, 1.82) is 0 Å². The molecule has 0 unspecified atom stereocenters. The number of nitrogens with one attached hydrogen (secondary N) is 1. The number of quaternary nitrogens is 2. The predicted octanol–water partition coefficient (Wildman–Crippen LogP) is -2.60. The summed E-state index contributed by atoms with van der Waals surface area (Å²) in [6, 6.07) is 0.00801. The zero-order chi connectivity index (χ0) is 9.68. The Labute approximate surface area is 79.2 Å². The van der Waals surface area contributed by atoms with Gasteiger partial charge in [-0.25, -0.2) is 4.79 Å². The fourth-order valence-corrected chi connectivity index (χ4v) is 1.71. The van der Waals surface area contributed by atoms with Crippen LogP contribution in [0.4, 0.5) is 0 Å². The van der Waals surface area contributed by atoms with Crippen molar-refractivity contribution in [3.05, 3.63) is 0 Å². The summed E-state index contributed by atoms with van der Waals surface area (Å²) in [4.78, 5) is 12.8. The first kappa shape index (κ1) is 10.5. The fourth-order valence-electron chi connectivity index (χ4n) is 1.71. The van der Waals surface area contributed by atoms with E-state index in [0.717, 1.165) is 26.2 Å². The highest BCUT2D eigenvalue weighted by Crippen LogP contribution is 1.83. The molecule has 1 atom stereocenters. The van der Waals surface area contributed by atoms with Gasteiger partial charge in [-0.3, -0.25) is 0 Å². The number of nitrogens with two attached hydrogens (primary N) is 1. The van der Waals surface area contributed by atoms with Crippen molar-refractivity contribution in [2.24, 2.45) is 0 Å². The van der Waals surface area contributed by atoms with E-state index in [2.05, 4.69) is 5.32 Å². The Morgan fingerprint density at radius 2 is 2.15 bits per heavy atom. The van der Waals surface area contributed by atoms with Gasteiger partial charge in [0.2, 0.25) is 0 Å². The molecule has 0 radical (unpaired) electrons. The van der Waals surface area contributed by atoms with Crippen molar-refractivity contribution in [3.63, 3.8) is 0 Å². The number of hydrogen-bond acceptors (Lipinski definition) is 2. The molecule has 1 rings (SSSR count). The average molecular weight is 188 g/mol. The van der Waals surface area contributed by atoms with Gasteiger partial charge >= 0.3 is 5.97 Å². The lowest BCUT2D eigenvalue weighted by atomic mass is 10.2. The zero-order valence-electron chi connectivity index (χ0n) is 8.51. The van der Waals surface area contributed by atoms with E-state index >= 15 is 0 Å². The normalized spacial score (nSPS) is 21.1. The van der Waals surface area contributed by atoms with E-state index in [1.54, 1.807) is 0 Å². The Hall–Kier alpha value is -0.610. The smallest absolute Gasteiger partial charge is 0.364 e. The lowest BCUT2D eigenvalue weighted by Gasteiger charge is -2.26. The van der Waals surface area contributed by atoms with Crippen LogP contribution < -0.4 is 10.2 Å². The molecule has 3 N–H and O–H groups in total. The van der Waals surface area contributed by atoms with Gasteiger partial charge in [-0.05, 0) is 13.8 Å². The Balaban J connectivity index is 2.35. The molecule has 0 saturated carbocycles. The second-order valence-corrected chi connectivity index (χ2v) is 3.50. The summed E-state index contributed by atoms with van der Waals surface area (Å²) in [6.07, 6.45) is 0. The van der Waals surface area contributed by atoms with Gasteiger partial charge < -0.3 is 15.0 Å². The summed E-state index contributed by atoms with van der Waals surface area (Å²) in [6.45, 7) is 8.68. The molecule has 1 aliphatic rings. The number of carbonyl (C=O) groups excluding carboxylic acids is 1. The summed E-state index contributed by atoms with van der Waals surface area (Å²) < 4.78 is 4.99. The van der Waals surface area contributed by atoms with Crippen LogP contribution >= 0.6 is 0 Å². The minimum Gasteiger partial charge on any atom is -0.462 e. The quantitative estimate of drug-likeness (QED) is 0.477. The van der Waals surface area contributed by atoms with Crippen LogP contribution in [-0.4, -0.2) is 44.8 Å². The summed E-state index contributed by atoms with van der Waals surface area (Å²) in [5.41, 5.74) is 0. The number of hydrogen-bond donors (Lipinski definition) is 2. The van der Waals surface area contributed by atoms with Crippen molar-refractivity contribution >= 4 is 5.97 Å². The van der Waals surface area contributed by atoms with Crippen molar-refractivity contribution in [1.82, 2.24) is 0 Å². The first-order chi connectivity index (χ1) is 6.25. The number of rotatable bonds is 3. The van der Waals surface area contributed by atoms with Gasteiger partial charge in [0, 0.05) is 0 Å². The standard InChI is InChI=1S/C9H18N2O2/c1-3-13-9(12)8(2)11-6-4-10-5-7-11/h8,10H,3-7H2,1-2H3/p+2/t8-/m1/s1. The first-order valence-electron chi connectivity index (χ1n) is 5.08. The van der Waals surface area contributed by atoms with Crippen LogP contribution in [0.25, 0.3) is 0 Å². The third kappa shape index (κ3) is 2.97. The molecule has 76 valence electrons. The molecule has 0 spiro atoms. The Bertz CT molecular complexity index is 167. The first-order valence-corrected chi connectivity index (χ1v) is 5.08. The number of piperazine rings is 1. The summed E-state index contributed by atoms with van der Waals surface area (Å²) in [5, 5.41) is 2.29. The zero-order valence-corrected chi connectivity index (χ0v) is 8.51. The van der Waals surface area contributed by atoms with Crippen molar-refractivity contribution in [2.75, 3.05) is 32.8 Å². The molecule has 0 aliphatic carbocycles. The van der Waals surface area contributed by atoms with Gasteiger partial charge in [-0.15, -0.1) is 0 Å². The number of carbonyl (C=O) groups is 1. The van der Waals surface area contributed by atoms with E-state index in [9.17, 15) is 4.79 Å². The van der Waals surface area contributed by atoms with E-state index in [-0.39, 0.29) is 12.0 Å². The minimum absolute atomic E-state index is 0.00801. The van der Waals surface area contributed by atoms with E-state index in [0.29, 0.717) is 6.61 Å². The minimum atomic E-state index is -0.0561. The van der Waals surface area contributed by atoms with Gasteiger partial charge in [0.05, 0.1) is 6.61 Å². The molecule has 0 aromatic carbocycles. The van der Waals surface area contributed by atoms with E-state index in [1.807, 2.05) is 13.8 Å². The van der Waals surface area contributed by atoms with Crippen molar-refractivity contribution in [2.45, 2.75) is 19.9 Å². The number of esters is 1. The van der Waals surface area contributed by atoms with Gasteiger partial charge in [-0.2, -0.15) is 0 Å². The van der Waals surface area contributed by atoms with Crippen molar-refractivity contribution in [3.8, 4) is 0 Å². The molecule has 0 bridgehead atoms. The maximum atomic E-state index is 11.4. The lowest BCUT2D eigenvalue weighted by molar-refractivity contribution is -0.958. The Morgan fingerprint density at radius 3 is 2.69 bits per heavy atom. The van der Waals surface area contributed by atoms with Crippen LogP contribution in [-0.2, 0) is 9.53 Å². The second kappa shape index (κ2) is 5.19. The van der Waals surface area contributed by atoms with Gasteiger partial charge in [0.1, 0.15) is 26.2 Å². The van der Waals surface area contributed by atoms with Crippen LogP contribution in [0.5, 0.6) is 0 Å². The fraction of sp³-hybridized carbons (Fsp3) is 0.889. The van der Waals surface area contributed by atoms with Crippen LogP contribution in [0.3, 0.4) is 0 Å². The average Bonchev–Trinajstić information content (AvgIpc) is 2.18. The maximum Gasteiger partial charge on any atom is 0.364 e. The molecule has 1 saturated heterocycles. The SMILES string of the molecule is CCOC(=O)[C@@H](C)[NH+]1CC[NH2+]CC1. The monoisotopic (exact) mass is 188 g/mol. The molecule has 1 fully saturated rings. The van der Waals surface area contributed by atoms with Crippen LogP contribution in [0.1, 0.15) is 13.8 Å². The molecule has 0 aromatic heterocycles. The topological polar surface area (TPSA) is 47.4 Å². The highest BCUT2D eigenvalue weighted by Gasteiger charge is 2.28. The van der Waals surface area contributed by atoms with Gasteiger partial charge in [-0.1, -0.05) is 0 Å². The third-order valence-corrected chi connectivity index (χ3v) is 2.59. The predicted molar refractivity (Wildman–Crippen MR) is 48.5 cm³/mol. The maximum absolute atomic E-state index is 11.4. The van der Waals surface area contributed by atoms with Crippen LogP contribution in [0.2, 0.25) is 0 Å². The summed E-state index contributed by atoms with van der Waals surface area (Å²) >= 11 is 0. The Morgan fingerprint density at radius 1 is 1.54 bits per heavy atom. The Kier molecular flexibility index (Phi) is 4.18. The molecular formula is C9H20N2O2+2. The van der Waals surface area contributed by atoms with E-state index < -0.39 is 0 Å². The van der Waals surface area contributed by atoms with Gasteiger partial charge in [0.25, 0.3) is 0 Å². The molecule has 0 amide bonds. The molecule has 1 heterocycles. The molecule has 13 heavy (non-hydrogen) atoms. The van der Waals surface area contributed by atoms with Crippen LogP contribution in [0.15, 0.2) is 0 Å². The van der Waals surface area contributed by atoms with Crippen LogP contribution in [0, 0.1) is 0 Å². The highest BCUT2D eigenvalue weighted by atomic mass is 16.5. The summed E-state index contributed by atoms with van der Waals surface area (Å²) in [7, 11) is 0.